The number of thiazole rings is 1. The van der Waals surface area contributed by atoms with Gasteiger partial charge in [-0.1, -0.05) is 41.1 Å². The molecular weight excluding hydrogens is 542 g/mol. The van der Waals surface area contributed by atoms with Crippen LogP contribution in [-0.2, 0) is 11.3 Å². The van der Waals surface area contributed by atoms with Crippen LogP contribution in [0, 0.1) is 0 Å². The van der Waals surface area contributed by atoms with E-state index in [0.717, 1.165) is 5.13 Å². The van der Waals surface area contributed by atoms with E-state index in [-0.39, 0.29) is 23.4 Å². The highest BCUT2D eigenvalue weighted by atomic mass is 35.5. The minimum absolute atomic E-state index is 0.00160. The first-order valence-corrected chi connectivity index (χ1v) is 13.4. The molecule has 39 heavy (non-hydrogen) atoms. The van der Waals surface area contributed by atoms with Crippen LogP contribution in [0.4, 0.5) is 9.93 Å². The molecule has 1 aliphatic heterocycles. The smallest absolute Gasteiger partial charge is 0.392 e. The third-order valence-corrected chi connectivity index (χ3v) is 7.46. The van der Waals surface area contributed by atoms with Crippen molar-refractivity contribution in [3.8, 4) is 11.6 Å². The van der Waals surface area contributed by atoms with Gasteiger partial charge in [0.25, 0.3) is 5.91 Å². The van der Waals surface area contributed by atoms with Gasteiger partial charge < -0.3 is 24.6 Å². The van der Waals surface area contributed by atoms with Crippen LogP contribution in [0.25, 0.3) is 16.6 Å². The van der Waals surface area contributed by atoms with E-state index in [1.54, 1.807) is 36.9 Å². The van der Waals surface area contributed by atoms with Gasteiger partial charge in [0.05, 0.1) is 37.0 Å². The number of aromatic nitrogens is 2. The number of pyridine rings is 1. The van der Waals surface area contributed by atoms with Gasteiger partial charge in [0.2, 0.25) is 5.88 Å². The number of anilines is 1. The Bertz CT molecular complexity index is 1580. The van der Waals surface area contributed by atoms with Crippen molar-refractivity contribution in [2.24, 2.45) is 0 Å². The standard InChI is InChI=1S/C27H26ClN5O5S/c1-31(2)27(36)38-25-20(15-29-24(35)22-16-30-26(39-22)32-10-12-37-13-11-32)23(34)19-9-8-17(28)14-21(19)33(25)18-6-4-3-5-7-18/h3-9,14,16H,10-13,15H2,1-2H3,(H,29,35). The summed E-state index contributed by atoms with van der Waals surface area (Å²) in [6, 6.07) is 14.1. The summed E-state index contributed by atoms with van der Waals surface area (Å²) in [5.74, 6) is -0.392. The van der Waals surface area contributed by atoms with E-state index in [1.807, 2.05) is 30.3 Å². The lowest BCUT2D eigenvalue weighted by Crippen LogP contribution is -2.36. The Morgan fingerprint density at radius 3 is 2.62 bits per heavy atom. The molecule has 10 nitrogen and oxygen atoms in total. The number of carbonyl (C=O) groups excluding carboxylic acids is 2. The van der Waals surface area contributed by atoms with Crippen molar-refractivity contribution < 1.29 is 19.1 Å². The summed E-state index contributed by atoms with van der Waals surface area (Å²) in [5.41, 5.74) is 0.855. The van der Waals surface area contributed by atoms with Crippen LogP contribution in [-0.4, -0.2) is 66.9 Å². The number of benzene rings is 2. The Kier molecular flexibility index (Phi) is 7.82. The third-order valence-electron chi connectivity index (χ3n) is 6.17. The van der Waals surface area contributed by atoms with Gasteiger partial charge in [0.1, 0.15) is 4.88 Å². The molecule has 0 bridgehead atoms. The Balaban J connectivity index is 1.56. The highest BCUT2D eigenvalue weighted by Gasteiger charge is 2.24. The van der Waals surface area contributed by atoms with Crippen molar-refractivity contribution in [1.82, 2.24) is 19.8 Å². The third kappa shape index (κ3) is 5.60. The number of para-hydroxylation sites is 1. The van der Waals surface area contributed by atoms with E-state index >= 15 is 0 Å². The number of carbonyl (C=O) groups is 2. The number of nitrogens with zero attached hydrogens (tertiary/aromatic N) is 4. The van der Waals surface area contributed by atoms with E-state index < -0.39 is 12.0 Å². The second-order valence-electron chi connectivity index (χ2n) is 9.00. The van der Waals surface area contributed by atoms with Gasteiger partial charge >= 0.3 is 6.09 Å². The lowest BCUT2D eigenvalue weighted by Gasteiger charge is -2.25. The molecule has 202 valence electrons. The zero-order valence-corrected chi connectivity index (χ0v) is 22.9. The summed E-state index contributed by atoms with van der Waals surface area (Å²) in [7, 11) is 3.09. The summed E-state index contributed by atoms with van der Waals surface area (Å²) < 4.78 is 12.8. The molecule has 5 rings (SSSR count). The molecule has 1 fully saturated rings. The highest BCUT2D eigenvalue weighted by Crippen LogP contribution is 2.30. The maximum absolute atomic E-state index is 13.7. The fraction of sp³-hybridized carbons (Fsp3) is 0.259. The molecular formula is C27H26ClN5O5S. The molecule has 0 aliphatic carbocycles. The van der Waals surface area contributed by atoms with Gasteiger partial charge in [-0.25, -0.2) is 9.78 Å². The van der Waals surface area contributed by atoms with E-state index in [4.69, 9.17) is 21.1 Å². The van der Waals surface area contributed by atoms with Crippen LogP contribution >= 0.6 is 22.9 Å². The van der Waals surface area contributed by atoms with E-state index in [0.29, 0.717) is 52.8 Å². The summed E-state index contributed by atoms with van der Waals surface area (Å²) in [4.78, 5) is 47.7. The predicted molar refractivity (Wildman–Crippen MR) is 151 cm³/mol. The Morgan fingerprint density at radius 1 is 1.15 bits per heavy atom. The van der Waals surface area contributed by atoms with Crippen molar-refractivity contribution in [2.75, 3.05) is 45.3 Å². The lowest BCUT2D eigenvalue weighted by molar-refractivity contribution is 0.0954. The van der Waals surface area contributed by atoms with Gasteiger partial charge in [-0.2, -0.15) is 0 Å². The molecule has 0 atom stereocenters. The van der Waals surface area contributed by atoms with Gasteiger partial charge in [-0.05, 0) is 30.3 Å². The van der Waals surface area contributed by atoms with Gasteiger partial charge in [0.15, 0.2) is 10.6 Å². The first-order chi connectivity index (χ1) is 18.8. The van der Waals surface area contributed by atoms with Gasteiger partial charge in [0, 0.05) is 43.3 Å². The number of hydrogen-bond donors (Lipinski definition) is 1. The molecule has 2 aromatic carbocycles. The van der Waals surface area contributed by atoms with Crippen LogP contribution in [0.1, 0.15) is 15.2 Å². The zero-order valence-electron chi connectivity index (χ0n) is 21.3. The van der Waals surface area contributed by atoms with Crippen molar-refractivity contribution in [3.05, 3.63) is 80.4 Å². The Morgan fingerprint density at radius 2 is 1.90 bits per heavy atom. The molecule has 1 N–H and O–H groups in total. The fourth-order valence-corrected chi connectivity index (χ4v) is 5.23. The molecule has 0 spiro atoms. The molecule has 2 aromatic heterocycles. The van der Waals surface area contributed by atoms with Crippen molar-refractivity contribution in [3.63, 3.8) is 0 Å². The molecule has 0 unspecified atom stereocenters. The molecule has 1 saturated heterocycles. The van der Waals surface area contributed by atoms with Crippen molar-refractivity contribution >= 4 is 51.0 Å². The minimum atomic E-state index is -0.675. The molecule has 3 heterocycles. The largest absolute Gasteiger partial charge is 0.416 e. The quantitative estimate of drug-likeness (QED) is 0.376. The number of hydrogen-bond acceptors (Lipinski definition) is 8. The van der Waals surface area contributed by atoms with Crippen LogP contribution in [0.5, 0.6) is 5.88 Å². The van der Waals surface area contributed by atoms with E-state index in [2.05, 4.69) is 15.2 Å². The summed E-state index contributed by atoms with van der Waals surface area (Å²) >= 11 is 7.57. The fourth-order valence-electron chi connectivity index (χ4n) is 4.18. The van der Waals surface area contributed by atoms with Crippen molar-refractivity contribution in [2.45, 2.75) is 6.54 Å². The molecule has 0 saturated carbocycles. The van der Waals surface area contributed by atoms with E-state index in [9.17, 15) is 14.4 Å². The van der Waals surface area contributed by atoms with Crippen molar-refractivity contribution in [1.29, 1.82) is 0 Å². The second kappa shape index (κ2) is 11.4. The van der Waals surface area contributed by atoms with Crippen LogP contribution < -0.4 is 20.4 Å². The van der Waals surface area contributed by atoms with Crippen LogP contribution in [0.2, 0.25) is 5.02 Å². The molecule has 2 amide bonds. The molecule has 12 heteroatoms. The van der Waals surface area contributed by atoms with Gasteiger partial charge in [-0.15, -0.1) is 0 Å². The molecule has 4 aromatic rings. The normalized spacial score (nSPS) is 13.4. The topological polar surface area (TPSA) is 106 Å². The Labute approximate surface area is 233 Å². The maximum atomic E-state index is 13.7. The number of fused-ring (bicyclic) bond motifs is 1. The first kappa shape index (κ1) is 26.7. The number of halogens is 1. The number of nitrogens with one attached hydrogen (secondary N) is 1. The number of rotatable bonds is 6. The predicted octanol–water partition coefficient (Wildman–Crippen LogP) is 3.93. The average Bonchev–Trinajstić information content (AvgIpc) is 3.44. The SMILES string of the molecule is CN(C)C(=O)Oc1c(CNC(=O)c2cnc(N3CCOCC3)s2)c(=O)c2ccc(Cl)cc2n1-c1ccccc1. The summed E-state index contributed by atoms with van der Waals surface area (Å²) in [5, 5.41) is 4.33. The summed E-state index contributed by atoms with van der Waals surface area (Å²) in [6.45, 7) is 2.45. The van der Waals surface area contributed by atoms with Crippen LogP contribution in [0.3, 0.4) is 0 Å². The second-order valence-corrected chi connectivity index (χ2v) is 10.4. The molecule has 1 aliphatic rings. The number of morpholine rings is 1. The van der Waals surface area contributed by atoms with Gasteiger partial charge in [-0.3, -0.25) is 14.2 Å². The van der Waals surface area contributed by atoms with E-state index in [1.165, 1.54) is 22.4 Å². The summed E-state index contributed by atoms with van der Waals surface area (Å²) in [6.07, 6.45) is 0.841. The van der Waals surface area contributed by atoms with Crippen LogP contribution in [0.15, 0.2) is 59.5 Å². The molecule has 0 radical (unpaired) electrons. The highest BCUT2D eigenvalue weighted by molar-refractivity contribution is 7.17. The maximum Gasteiger partial charge on any atom is 0.416 e. The monoisotopic (exact) mass is 567 g/mol. The average molecular weight is 568 g/mol. The lowest BCUT2D eigenvalue weighted by atomic mass is 10.1. The Hall–Kier alpha value is -3.93. The zero-order chi connectivity index (χ0) is 27.5. The first-order valence-electron chi connectivity index (χ1n) is 12.2. The minimum Gasteiger partial charge on any atom is -0.392 e. The number of amides is 2. The number of ether oxygens (including phenoxy) is 2.